The van der Waals surface area contributed by atoms with Crippen LogP contribution in [0.15, 0.2) is 45.9 Å². The Morgan fingerprint density at radius 2 is 2.00 bits per heavy atom. The first-order valence-electron chi connectivity index (χ1n) is 5.71. The van der Waals surface area contributed by atoms with E-state index in [0.717, 1.165) is 5.56 Å². The van der Waals surface area contributed by atoms with Crippen LogP contribution in [0.1, 0.15) is 5.56 Å². The highest BCUT2D eigenvalue weighted by molar-refractivity contribution is 9.10. The van der Waals surface area contributed by atoms with Gasteiger partial charge in [-0.25, -0.2) is 13.4 Å². The van der Waals surface area contributed by atoms with Gasteiger partial charge >= 0.3 is 0 Å². The van der Waals surface area contributed by atoms with Crippen molar-refractivity contribution in [2.75, 3.05) is 11.8 Å². The fraction of sp³-hybridized carbons (Fsp3) is 0.154. The standard InChI is InChI=1S/C13H13BrN2O3S/c1-9-3-5-12(11(14)7-9)20(17,18)16-10-4-6-13(19-2)15-8-10/h3-8,16H,1-2H3. The van der Waals surface area contributed by atoms with Crippen LogP contribution in [0.4, 0.5) is 5.69 Å². The number of sulfonamides is 1. The maximum Gasteiger partial charge on any atom is 0.263 e. The van der Waals surface area contributed by atoms with Crippen LogP contribution < -0.4 is 9.46 Å². The average Bonchev–Trinajstić information content (AvgIpc) is 2.38. The summed E-state index contributed by atoms with van der Waals surface area (Å²) in [5.74, 6) is 0.421. The molecule has 1 N–H and O–H groups in total. The summed E-state index contributed by atoms with van der Waals surface area (Å²) in [5, 5.41) is 0. The zero-order chi connectivity index (χ0) is 14.8. The molecule has 0 radical (unpaired) electrons. The Labute approximate surface area is 126 Å². The number of ether oxygens (including phenoxy) is 1. The summed E-state index contributed by atoms with van der Waals surface area (Å²) in [4.78, 5) is 4.13. The van der Waals surface area contributed by atoms with Crippen molar-refractivity contribution in [2.45, 2.75) is 11.8 Å². The van der Waals surface area contributed by atoms with Gasteiger partial charge in [-0.3, -0.25) is 4.72 Å². The fourth-order valence-electron chi connectivity index (χ4n) is 1.60. The van der Waals surface area contributed by atoms with E-state index in [1.165, 1.54) is 13.3 Å². The van der Waals surface area contributed by atoms with E-state index in [-0.39, 0.29) is 4.90 Å². The van der Waals surface area contributed by atoms with Gasteiger partial charge in [0.25, 0.3) is 10.0 Å². The Bertz CT molecular complexity index is 715. The molecule has 1 aromatic carbocycles. The van der Waals surface area contributed by atoms with Crippen molar-refractivity contribution in [3.63, 3.8) is 0 Å². The van der Waals surface area contributed by atoms with Gasteiger partial charge in [0.1, 0.15) is 4.90 Å². The van der Waals surface area contributed by atoms with Gasteiger partial charge in [0, 0.05) is 10.5 Å². The zero-order valence-electron chi connectivity index (χ0n) is 10.9. The van der Waals surface area contributed by atoms with Crippen molar-refractivity contribution in [1.82, 2.24) is 4.98 Å². The summed E-state index contributed by atoms with van der Waals surface area (Å²) in [6, 6.07) is 8.22. The zero-order valence-corrected chi connectivity index (χ0v) is 13.3. The number of aryl methyl sites for hydroxylation is 1. The topological polar surface area (TPSA) is 68.3 Å². The van der Waals surface area contributed by atoms with Crippen molar-refractivity contribution in [1.29, 1.82) is 0 Å². The monoisotopic (exact) mass is 356 g/mol. The number of nitrogens with zero attached hydrogens (tertiary/aromatic N) is 1. The Kier molecular flexibility index (Phi) is 4.29. The molecular formula is C13H13BrN2O3S. The number of hydrogen-bond acceptors (Lipinski definition) is 4. The van der Waals surface area contributed by atoms with Crippen LogP contribution in [0.5, 0.6) is 5.88 Å². The number of anilines is 1. The van der Waals surface area contributed by atoms with E-state index >= 15 is 0 Å². The number of nitrogens with one attached hydrogen (secondary N) is 1. The molecule has 0 unspecified atom stereocenters. The molecule has 0 bridgehead atoms. The lowest BCUT2D eigenvalue weighted by Crippen LogP contribution is -2.13. The van der Waals surface area contributed by atoms with Gasteiger partial charge in [-0.2, -0.15) is 0 Å². The highest BCUT2D eigenvalue weighted by Gasteiger charge is 2.17. The van der Waals surface area contributed by atoms with Crippen molar-refractivity contribution in [2.24, 2.45) is 0 Å². The number of halogens is 1. The van der Waals surface area contributed by atoms with Gasteiger partial charge < -0.3 is 4.74 Å². The second-order valence-corrected chi connectivity index (χ2v) is 6.63. The number of hydrogen-bond donors (Lipinski definition) is 1. The van der Waals surface area contributed by atoms with E-state index < -0.39 is 10.0 Å². The molecule has 0 spiro atoms. The highest BCUT2D eigenvalue weighted by atomic mass is 79.9. The van der Waals surface area contributed by atoms with Gasteiger partial charge in [-0.1, -0.05) is 6.07 Å². The number of pyridine rings is 1. The molecule has 7 heteroatoms. The van der Waals surface area contributed by atoms with E-state index in [0.29, 0.717) is 16.0 Å². The molecule has 2 rings (SSSR count). The second-order valence-electron chi connectivity index (χ2n) is 4.13. The maximum absolute atomic E-state index is 12.3. The van der Waals surface area contributed by atoms with E-state index in [1.807, 2.05) is 6.92 Å². The summed E-state index contributed by atoms with van der Waals surface area (Å²) < 4.78 is 32.5. The first kappa shape index (κ1) is 14.8. The third-order valence-corrected chi connectivity index (χ3v) is 4.93. The smallest absolute Gasteiger partial charge is 0.263 e. The molecule has 2 aromatic rings. The molecule has 0 aliphatic carbocycles. The van der Waals surface area contributed by atoms with E-state index in [4.69, 9.17) is 4.74 Å². The molecule has 0 saturated carbocycles. The predicted molar refractivity (Wildman–Crippen MR) is 80.5 cm³/mol. The fourth-order valence-corrected chi connectivity index (χ4v) is 3.83. The van der Waals surface area contributed by atoms with Crippen LogP contribution in [-0.4, -0.2) is 20.5 Å². The summed E-state index contributed by atoms with van der Waals surface area (Å²) in [6.07, 6.45) is 1.40. The van der Waals surface area contributed by atoms with Gasteiger partial charge in [0.2, 0.25) is 5.88 Å². The van der Waals surface area contributed by atoms with Crippen LogP contribution in [0.25, 0.3) is 0 Å². The molecule has 0 aliphatic heterocycles. The second kappa shape index (κ2) is 5.80. The molecule has 5 nitrogen and oxygen atoms in total. The van der Waals surface area contributed by atoms with Crippen LogP contribution in [-0.2, 0) is 10.0 Å². The Morgan fingerprint density at radius 1 is 1.25 bits per heavy atom. The molecule has 0 atom stereocenters. The van der Waals surface area contributed by atoms with Gasteiger partial charge in [-0.15, -0.1) is 0 Å². The minimum atomic E-state index is -3.66. The maximum atomic E-state index is 12.3. The largest absolute Gasteiger partial charge is 0.481 e. The molecule has 0 amide bonds. The highest BCUT2D eigenvalue weighted by Crippen LogP contribution is 2.25. The summed E-state index contributed by atoms with van der Waals surface area (Å²) in [7, 11) is -2.16. The SMILES string of the molecule is COc1ccc(NS(=O)(=O)c2ccc(C)cc2Br)cn1. The van der Waals surface area contributed by atoms with Crippen LogP contribution >= 0.6 is 15.9 Å². The van der Waals surface area contributed by atoms with Crippen LogP contribution in [0, 0.1) is 6.92 Å². The quantitative estimate of drug-likeness (QED) is 0.914. The molecule has 1 heterocycles. The molecular weight excluding hydrogens is 344 g/mol. The predicted octanol–water partition coefficient (Wildman–Crippen LogP) is 2.96. The first-order valence-corrected chi connectivity index (χ1v) is 7.99. The van der Waals surface area contributed by atoms with Crippen molar-refractivity contribution < 1.29 is 13.2 Å². The summed E-state index contributed by atoms with van der Waals surface area (Å²) in [5.41, 5.74) is 1.35. The van der Waals surface area contributed by atoms with Gasteiger partial charge in [0.05, 0.1) is 19.0 Å². The third-order valence-electron chi connectivity index (χ3n) is 2.57. The van der Waals surface area contributed by atoms with Crippen molar-refractivity contribution >= 4 is 31.6 Å². The normalized spacial score (nSPS) is 11.2. The Balaban J connectivity index is 2.30. The van der Waals surface area contributed by atoms with E-state index in [9.17, 15) is 8.42 Å². The lowest BCUT2D eigenvalue weighted by Gasteiger charge is -2.10. The summed E-state index contributed by atoms with van der Waals surface area (Å²) >= 11 is 3.26. The number of aromatic nitrogens is 1. The minimum Gasteiger partial charge on any atom is -0.481 e. The molecule has 0 saturated heterocycles. The van der Waals surface area contributed by atoms with Crippen molar-refractivity contribution in [3.05, 3.63) is 46.6 Å². The molecule has 0 fully saturated rings. The number of methoxy groups -OCH3 is 1. The first-order chi connectivity index (χ1) is 9.42. The Morgan fingerprint density at radius 3 is 2.55 bits per heavy atom. The number of benzene rings is 1. The van der Waals surface area contributed by atoms with E-state index in [2.05, 4.69) is 25.6 Å². The average molecular weight is 357 g/mol. The molecule has 20 heavy (non-hydrogen) atoms. The molecule has 0 aliphatic rings. The molecule has 1 aromatic heterocycles. The summed E-state index contributed by atoms with van der Waals surface area (Å²) in [6.45, 7) is 1.89. The van der Waals surface area contributed by atoms with E-state index in [1.54, 1.807) is 30.3 Å². The van der Waals surface area contributed by atoms with Gasteiger partial charge in [-0.05, 0) is 46.6 Å². The van der Waals surface area contributed by atoms with Gasteiger partial charge in [0.15, 0.2) is 0 Å². The lowest BCUT2D eigenvalue weighted by atomic mass is 10.2. The molecule has 106 valence electrons. The van der Waals surface area contributed by atoms with Crippen molar-refractivity contribution in [3.8, 4) is 5.88 Å². The minimum absolute atomic E-state index is 0.180. The van der Waals surface area contributed by atoms with Crippen LogP contribution in [0.3, 0.4) is 0 Å². The van der Waals surface area contributed by atoms with Crippen LogP contribution in [0.2, 0.25) is 0 Å². The third kappa shape index (κ3) is 3.29. The number of rotatable bonds is 4. The Hall–Kier alpha value is -1.60. The lowest BCUT2D eigenvalue weighted by molar-refractivity contribution is 0.398.